The van der Waals surface area contributed by atoms with Gasteiger partial charge in [-0.2, -0.15) is 0 Å². The molecule has 2 aromatic heterocycles. The van der Waals surface area contributed by atoms with Crippen molar-refractivity contribution in [3.8, 4) is 0 Å². The summed E-state index contributed by atoms with van der Waals surface area (Å²) < 4.78 is 5.63. The number of piperazine rings is 1. The number of pyridine rings is 1. The van der Waals surface area contributed by atoms with Gasteiger partial charge in [0.25, 0.3) is 5.91 Å². The Bertz CT molecular complexity index is 880. The van der Waals surface area contributed by atoms with Gasteiger partial charge in [0.05, 0.1) is 0 Å². The van der Waals surface area contributed by atoms with Gasteiger partial charge in [-0.3, -0.25) is 4.79 Å². The van der Waals surface area contributed by atoms with Crippen LogP contribution in [0.1, 0.15) is 16.1 Å². The van der Waals surface area contributed by atoms with Gasteiger partial charge in [0.2, 0.25) is 0 Å². The van der Waals surface area contributed by atoms with Gasteiger partial charge in [0.15, 0.2) is 5.76 Å². The highest BCUT2D eigenvalue weighted by Crippen LogP contribution is 2.20. The number of rotatable bonds is 4. The van der Waals surface area contributed by atoms with Gasteiger partial charge in [-0.1, -0.05) is 24.3 Å². The minimum Gasteiger partial charge on any atom is -0.451 e. The van der Waals surface area contributed by atoms with E-state index in [9.17, 15) is 4.79 Å². The lowest BCUT2D eigenvalue weighted by Gasteiger charge is -2.34. The number of para-hydroxylation sites is 1. The molecule has 26 heavy (non-hydrogen) atoms. The molecule has 1 N–H and O–H groups in total. The molecule has 0 aliphatic carbocycles. The summed E-state index contributed by atoms with van der Waals surface area (Å²) in [7, 11) is 2.13. The van der Waals surface area contributed by atoms with E-state index < -0.39 is 0 Å². The van der Waals surface area contributed by atoms with Gasteiger partial charge in [-0.05, 0) is 25.2 Å². The van der Waals surface area contributed by atoms with E-state index in [-0.39, 0.29) is 5.91 Å². The molecule has 6 nitrogen and oxygen atoms in total. The normalized spacial score (nSPS) is 15.3. The number of furan rings is 1. The molecule has 0 radical (unpaired) electrons. The molecule has 1 amide bonds. The van der Waals surface area contributed by atoms with Crippen LogP contribution in [0.25, 0.3) is 11.0 Å². The van der Waals surface area contributed by atoms with Gasteiger partial charge in [-0.15, -0.1) is 0 Å². The number of benzene rings is 1. The molecule has 0 saturated carbocycles. The van der Waals surface area contributed by atoms with Crippen molar-refractivity contribution < 1.29 is 9.21 Å². The molecule has 134 valence electrons. The van der Waals surface area contributed by atoms with Crippen LogP contribution in [0.3, 0.4) is 0 Å². The van der Waals surface area contributed by atoms with Crippen LogP contribution in [0.2, 0.25) is 0 Å². The molecule has 1 aliphatic rings. The average molecular weight is 350 g/mol. The molecule has 3 heterocycles. The number of hydrogen-bond donors (Lipinski definition) is 1. The van der Waals surface area contributed by atoms with Crippen LogP contribution < -0.4 is 10.2 Å². The molecule has 4 rings (SSSR count). The van der Waals surface area contributed by atoms with E-state index in [1.54, 1.807) is 12.3 Å². The minimum atomic E-state index is -0.214. The van der Waals surface area contributed by atoms with Crippen molar-refractivity contribution in [1.29, 1.82) is 0 Å². The fraction of sp³-hybridized carbons (Fsp3) is 0.300. The van der Waals surface area contributed by atoms with Crippen LogP contribution in [0.4, 0.5) is 5.82 Å². The Labute approximate surface area is 152 Å². The molecule has 1 fully saturated rings. The summed E-state index contributed by atoms with van der Waals surface area (Å²) >= 11 is 0. The number of amides is 1. The molecule has 0 unspecified atom stereocenters. The summed E-state index contributed by atoms with van der Waals surface area (Å²) in [6.07, 6.45) is 1.80. The summed E-state index contributed by atoms with van der Waals surface area (Å²) in [5.41, 5.74) is 1.73. The molecule has 1 aliphatic heterocycles. The van der Waals surface area contributed by atoms with E-state index in [2.05, 4.69) is 27.1 Å². The van der Waals surface area contributed by atoms with Gasteiger partial charge in [0, 0.05) is 49.9 Å². The topological polar surface area (TPSA) is 61.6 Å². The van der Waals surface area contributed by atoms with E-state index in [4.69, 9.17) is 4.42 Å². The second-order valence-corrected chi connectivity index (χ2v) is 6.61. The first kappa shape index (κ1) is 16.6. The predicted molar refractivity (Wildman–Crippen MR) is 101 cm³/mol. The van der Waals surface area contributed by atoms with Crippen molar-refractivity contribution in [2.24, 2.45) is 0 Å². The summed E-state index contributed by atoms with van der Waals surface area (Å²) in [5.74, 6) is 1.07. The fourth-order valence-electron chi connectivity index (χ4n) is 3.23. The van der Waals surface area contributed by atoms with Gasteiger partial charge >= 0.3 is 0 Å². The largest absolute Gasteiger partial charge is 0.451 e. The quantitative estimate of drug-likeness (QED) is 0.783. The monoisotopic (exact) mass is 350 g/mol. The maximum Gasteiger partial charge on any atom is 0.287 e. The van der Waals surface area contributed by atoms with Gasteiger partial charge in [0.1, 0.15) is 11.4 Å². The molecular formula is C20H22N4O2. The van der Waals surface area contributed by atoms with Crippen LogP contribution >= 0.6 is 0 Å². The van der Waals surface area contributed by atoms with Crippen molar-refractivity contribution in [2.45, 2.75) is 6.54 Å². The SMILES string of the molecule is CN1CCN(c2ncccc2CNC(=O)c2cc3ccccc3o2)CC1. The number of nitrogens with one attached hydrogen (secondary N) is 1. The van der Waals surface area contributed by atoms with E-state index in [0.717, 1.165) is 48.5 Å². The maximum absolute atomic E-state index is 12.5. The first-order valence-corrected chi connectivity index (χ1v) is 8.85. The number of nitrogens with zero attached hydrogens (tertiary/aromatic N) is 3. The van der Waals surface area contributed by atoms with Crippen LogP contribution in [-0.4, -0.2) is 49.0 Å². The van der Waals surface area contributed by atoms with Crippen LogP contribution in [-0.2, 0) is 6.54 Å². The molecule has 3 aromatic rings. The third kappa shape index (κ3) is 3.41. The minimum absolute atomic E-state index is 0.214. The predicted octanol–water partition coefficient (Wildman–Crippen LogP) is 2.51. The molecule has 0 spiro atoms. The molecular weight excluding hydrogens is 328 g/mol. The van der Waals surface area contributed by atoms with Crippen LogP contribution in [0.5, 0.6) is 0 Å². The highest BCUT2D eigenvalue weighted by Gasteiger charge is 2.19. The smallest absolute Gasteiger partial charge is 0.287 e. The highest BCUT2D eigenvalue weighted by atomic mass is 16.3. The summed E-state index contributed by atoms with van der Waals surface area (Å²) in [6, 6.07) is 13.3. The second-order valence-electron chi connectivity index (χ2n) is 6.61. The number of fused-ring (bicyclic) bond motifs is 1. The number of likely N-dealkylation sites (N-methyl/N-ethyl adjacent to an activating group) is 1. The number of hydrogen-bond acceptors (Lipinski definition) is 5. The molecule has 1 saturated heterocycles. The number of anilines is 1. The summed E-state index contributed by atoms with van der Waals surface area (Å²) in [5, 5.41) is 3.88. The van der Waals surface area contributed by atoms with Crippen molar-refractivity contribution in [3.63, 3.8) is 0 Å². The van der Waals surface area contributed by atoms with E-state index in [0.29, 0.717) is 12.3 Å². The van der Waals surface area contributed by atoms with E-state index in [1.807, 2.05) is 36.4 Å². The Morgan fingerprint density at radius 2 is 1.96 bits per heavy atom. The van der Waals surface area contributed by atoms with Crippen LogP contribution in [0, 0.1) is 0 Å². The standard InChI is InChI=1S/C20H22N4O2/c1-23-9-11-24(12-10-23)19-16(6-4-8-21-19)14-22-20(25)18-13-15-5-2-3-7-17(15)26-18/h2-8,13H,9-12,14H2,1H3,(H,22,25). The second kappa shape index (κ2) is 7.17. The molecule has 0 atom stereocenters. The Kier molecular flexibility index (Phi) is 4.58. The molecule has 1 aromatic carbocycles. The zero-order valence-corrected chi connectivity index (χ0v) is 14.8. The number of carbonyl (C=O) groups excluding carboxylic acids is 1. The Hall–Kier alpha value is -2.86. The lowest BCUT2D eigenvalue weighted by Crippen LogP contribution is -2.45. The fourth-order valence-corrected chi connectivity index (χ4v) is 3.23. The third-order valence-electron chi connectivity index (χ3n) is 4.76. The average Bonchev–Trinajstić information content (AvgIpc) is 3.11. The lowest BCUT2D eigenvalue weighted by atomic mass is 10.2. The Balaban J connectivity index is 1.46. The summed E-state index contributed by atoms with van der Waals surface area (Å²) in [6.45, 7) is 4.34. The van der Waals surface area contributed by atoms with Crippen molar-refractivity contribution >= 4 is 22.7 Å². The Morgan fingerprint density at radius 1 is 1.15 bits per heavy atom. The van der Waals surface area contributed by atoms with Crippen molar-refractivity contribution in [3.05, 3.63) is 60.0 Å². The Morgan fingerprint density at radius 3 is 2.77 bits per heavy atom. The third-order valence-corrected chi connectivity index (χ3v) is 4.76. The van der Waals surface area contributed by atoms with E-state index in [1.165, 1.54) is 0 Å². The number of aromatic nitrogens is 1. The summed E-state index contributed by atoms with van der Waals surface area (Å²) in [4.78, 5) is 21.6. The molecule has 0 bridgehead atoms. The highest BCUT2D eigenvalue weighted by molar-refractivity contribution is 5.96. The van der Waals surface area contributed by atoms with Crippen LogP contribution in [0.15, 0.2) is 53.1 Å². The molecule has 6 heteroatoms. The lowest BCUT2D eigenvalue weighted by molar-refractivity contribution is 0.0925. The number of carbonyl (C=O) groups is 1. The van der Waals surface area contributed by atoms with E-state index >= 15 is 0 Å². The first-order valence-electron chi connectivity index (χ1n) is 8.85. The zero-order chi connectivity index (χ0) is 17.9. The first-order chi connectivity index (χ1) is 12.7. The van der Waals surface area contributed by atoms with Crippen molar-refractivity contribution in [1.82, 2.24) is 15.2 Å². The maximum atomic E-state index is 12.5. The van der Waals surface area contributed by atoms with Gasteiger partial charge < -0.3 is 19.5 Å². The van der Waals surface area contributed by atoms with Crippen molar-refractivity contribution in [2.75, 3.05) is 38.1 Å². The van der Waals surface area contributed by atoms with Gasteiger partial charge in [-0.25, -0.2) is 4.98 Å². The zero-order valence-electron chi connectivity index (χ0n) is 14.8.